The van der Waals surface area contributed by atoms with Crippen LogP contribution in [0.1, 0.15) is 19.3 Å². The number of nitrogens with two attached hydrogens (primary N) is 2. The third-order valence-corrected chi connectivity index (χ3v) is 3.77. The van der Waals surface area contributed by atoms with Gasteiger partial charge >= 0.3 is 0 Å². The Morgan fingerprint density at radius 1 is 0.905 bits per heavy atom. The molecule has 0 aromatic carbocycles. The van der Waals surface area contributed by atoms with Crippen LogP contribution in [0.3, 0.4) is 0 Å². The first-order chi connectivity index (χ1) is 10.1. The minimum Gasteiger partial charge on any atom is -0.366 e. The smallest absolute Gasteiger partial charge is 0.261 e. The average Bonchev–Trinajstić information content (AvgIpc) is 2.48. The van der Waals surface area contributed by atoms with E-state index >= 15 is 0 Å². The van der Waals surface area contributed by atoms with Crippen LogP contribution in [-0.4, -0.2) is 73.5 Å². The minimum absolute atomic E-state index is 0.453. The van der Waals surface area contributed by atoms with E-state index < -0.39 is 24.3 Å². The number of rotatable bonds is 6. The van der Waals surface area contributed by atoms with Crippen LogP contribution in [0.2, 0.25) is 0 Å². The van der Waals surface area contributed by atoms with Crippen molar-refractivity contribution in [3.63, 3.8) is 0 Å². The van der Waals surface area contributed by atoms with Gasteiger partial charge in [0, 0.05) is 26.2 Å². The third kappa shape index (κ3) is 4.37. The molecule has 0 radical (unpaired) electrons. The van der Waals surface area contributed by atoms with Gasteiger partial charge in [0.2, 0.25) is 0 Å². The molecule has 2 fully saturated rings. The summed E-state index contributed by atoms with van der Waals surface area (Å²) in [7, 11) is 0. The van der Waals surface area contributed by atoms with Gasteiger partial charge in [0.15, 0.2) is 12.5 Å². The Balaban J connectivity index is 1.79. The topological polar surface area (TPSA) is 111 Å². The summed E-state index contributed by atoms with van der Waals surface area (Å²) in [6.45, 7) is 4.10. The quantitative estimate of drug-likeness (QED) is 0.614. The second kappa shape index (κ2) is 7.69. The van der Waals surface area contributed by atoms with Gasteiger partial charge < -0.3 is 20.9 Å². The Hall–Kier alpha value is -1.22. The van der Waals surface area contributed by atoms with Crippen LogP contribution >= 0.6 is 0 Å². The molecule has 8 nitrogen and oxygen atoms in total. The zero-order chi connectivity index (χ0) is 15.2. The zero-order valence-corrected chi connectivity index (χ0v) is 12.2. The maximum atomic E-state index is 11.3. The van der Waals surface area contributed by atoms with Crippen LogP contribution in [-0.2, 0) is 19.1 Å². The summed E-state index contributed by atoms with van der Waals surface area (Å²) in [5, 5.41) is 0. The van der Waals surface area contributed by atoms with Crippen molar-refractivity contribution in [1.29, 1.82) is 0 Å². The lowest BCUT2D eigenvalue weighted by Gasteiger charge is -2.36. The summed E-state index contributed by atoms with van der Waals surface area (Å²) in [4.78, 5) is 26.6. The van der Waals surface area contributed by atoms with E-state index in [2.05, 4.69) is 0 Å². The van der Waals surface area contributed by atoms with Crippen molar-refractivity contribution in [2.45, 2.75) is 31.7 Å². The molecule has 2 aliphatic heterocycles. The van der Waals surface area contributed by atoms with Crippen LogP contribution in [0.5, 0.6) is 0 Å². The Kier molecular flexibility index (Phi) is 5.92. The highest BCUT2D eigenvalue weighted by atomic mass is 16.5. The summed E-state index contributed by atoms with van der Waals surface area (Å²) in [5.41, 5.74) is 10.7. The molecule has 0 aliphatic carbocycles. The fourth-order valence-electron chi connectivity index (χ4n) is 2.83. The molecule has 2 rings (SSSR count). The van der Waals surface area contributed by atoms with Gasteiger partial charge in [-0.2, -0.15) is 0 Å². The number of nitrogens with zero attached hydrogens (tertiary/aromatic N) is 2. The second-order valence-corrected chi connectivity index (χ2v) is 5.38. The summed E-state index contributed by atoms with van der Waals surface area (Å²) in [5.74, 6) is -0.906. The van der Waals surface area contributed by atoms with Gasteiger partial charge in [0.1, 0.15) is 0 Å². The van der Waals surface area contributed by atoms with Crippen LogP contribution < -0.4 is 11.5 Å². The number of amides is 2. The molecule has 0 spiro atoms. The van der Waals surface area contributed by atoms with E-state index in [1.807, 2.05) is 9.80 Å². The molecule has 21 heavy (non-hydrogen) atoms. The van der Waals surface area contributed by atoms with Crippen LogP contribution in [0.15, 0.2) is 0 Å². The van der Waals surface area contributed by atoms with Gasteiger partial charge in [-0.3, -0.25) is 19.4 Å². The number of hydrogen-bond donors (Lipinski definition) is 2. The first-order valence-corrected chi connectivity index (χ1v) is 7.39. The van der Waals surface area contributed by atoms with Crippen LogP contribution in [0.4, 0.5) is 0 Å². The summed E-state index contributed by atoms with van der Waals surface area (Å²) in [6, 6.07) is 0. The lowest BCUT2D eigenvalue weighted by Crippen LogP contribution is -2.52. The van der Waals surface area contributed by atoms with Gasteiger partial charge in [0.25, 0.3) is 11.8 Å². The average molecular weight is 300 g/mol. The van der Waals surface area contributed by atoms with E-state index in [4.69, 9.17) is 20.9 Å². The Bertz CT molecular complexity index is 345. The molecule has 120 valence electrons. The van der Waals surface area contributed by atoms with Gasteiger partial charge in [0.05, 0.1) is 13.2 Å². The maximum Gasteiger partial charge on any atom is 0.261 e. The molecule has 0 bridgehead atoms. The Morgan fingerprint density at radius 3 is 1.71 bits per heavy atom. The predicted octanol–water partition coefficient (Wildman–Crippen LogP) is -1.56. The van der Waals surface area contributed by atoms with E-state index in [0.717, 1.165) is 32.4 Å². The molecule has 2 unspecified atom stereocenters. The van der Waals surface area contributed by atoms with E-state index in [1.54, 1.807) is 0 Å². The fourth-order valence-corrected chi connectivity index (χ4v) is 2.83. The molecule has 0 aromatic heterocycles. The Morgan fingerprint density at radius 2 is 1.33 bits per heavy atom. The van der Waals surface area contributed by atoms with Crippen molar-refractivity contribution in [3.8, 4) is 0 Å². The van der Waals surface area contributed by atoms with Crippen molar-refractivity contribution in [3.05, 3.63) is 0 Å². The first-order valence-electron chi connectivity index (χ1n) is 7.39. The molecule has 0 aromatic rings. The van der Waals surface area contributed by atoms with E-state index in [0.29, 0.717) is 26.3 Å². The molecule has 2 amide bonds. The fraction of sp³-hybridized carbons (Fsp3) is 0.846. The highest BCUT2D eigenvalue weighted by Gasteiger charge is 2.29. The lowest BCUT2D eigenvalue weighted by atomic mass is 10.2. The van der Waals surface area contributed by atoms with Gasteiger partial charge in [-0.05, 0) is 19.3 Å². The van der Waals surface area contributed by atoms with E-state index in [9.17, 15) is 9.59 Å². The van der Waals surface area contributed by atoms with E-state index in [-0.39, 0.29) is 0 Å². The Labute approximate surface area is 124 Å². The molecule has 2 atom stereocenters. The van der Waals surface area contributed by atoms with Gasteiger partial charge in [-0.15, -0.1) is 0 Å². The SMILES string of the molecule is NC(=O)C1OCCCN1CCCN1CCCOC1C(N)=O. The van der Waals surface area contributed by atoms with Gasteiger partial charge in [-0.1, -0.05) is 0 Å². The van der Waals surface area contributed by atoms with E-state index in [1.165, 1.54) is 0 Å². The molecule has 2 heterocycles. The minimum atomic E-state index is -0.636. The van der Waals surface area contributed by atoms with Crippen molar-refractivity contribution >= 4 is 11.8 Å². The summed E-state index contributed by atoms with van der Waals surface area (Å²) >= 11 is 0. The third-order valence-electron chi connectivity index (χ3n) is 3.77. The molecular formula is C13H24N4O4. The number of carbonyl (C=O) groups is 2. The lowest BCUT2D eigenvalue weighted by molar-refractivity contribution is -0.154. The summed E-state index contributed by atoms with van der Waals surface area (Å²) < 4.78 is 10.8. The first kappa shape index (κ1) is 16.2. The molecule has 8 heteroatoms. The molecule has 2 aliphatic rings. The predicted molar refractivity (Wildman–Crippen MR) is 74.9 cm³/mol. The standard InChI is InChI=1S/C13H24N4O4/c14-10(18)12-16(6-2-8-20-12)4-1-5-17-7-3-9-21-13(17)11(15)19/h12-13H,1-9H2,(H2,14,18)(H2,15,19). The van der Waals surface area contributed by atoms with Crippen LogP contribution in [0, 0.1) is 0 Å². The number of hydrogen-bond acceptors (Lipinski definition) is 6. The maximum absolute atomic E-state index is 11.3. The molecular weight excluding hydrogens is 276 g/mol. The largest absolute Gasteiger partial charge is 0.366 e. The van der Waals surface area contributed by atoms with Crippen molar-refractivity contribution < 1.29 is 19.1 Å². The highest BCUT2D eigenvalue weighted by Crippen LogP contribution is 2.13. The number of carbonyl (C=O) groups excluding carboxylic acids is 2. The molecule has 2 saturated heterocycles. The molecule has 4 N–H and O–H groups in total. The van der Waals surface area contributed by atoms with Crippen molar-refractivity contribution in [2.24, 2.45) is 11.5 Å². The molecule has 0 saturated carbocycles. The monoisotopic (exact) mass is 300 g/mol. The zero-order valence-electron chi connectivity index (χ0n) is 12.2. The number of ether oxygens (including phenoxy) is 2. The van der Waals surface area contributed by atoms with Crippen molar-refractivity contribution in [1.82, 2.24) is 9.80 Å². The highest BCUT2D eigenvalue weighted by molar-refractivity contribution is 5.78. The van der Waals surface area contributed by atoms with Crippen LogP contribution in [0.25, 0.3) is 0 Å². The number of primary amides is 2. The van der Waals surface area contributed by atoms with Crippen molar-refractivity contribution in [2.75, 3.05) is 39.4 Å². The normalized spacial score (nSPS) is 28.4. The van der Waals surface area contributed by atoms with Gasteiger partial charge in [-0.25, -0.2) is 0 Å². The second-order valence-electron chi connectivity index (χ2n) is 5.38. The summed E-state index contributed by atoms with van der Waals surface area (Å²) in [6.07, 6.45) is 1.30.